The Morgan fingerprint density at radius 3 is 2.95 bits per heavy atom. The Morgan fingerprint density at radius 1 is 1.52 bits per heavy atom. The van der Waals surface area contributed by atoms with Gasteiger partial charge in [-0.25, -0.2) is 4.79 Å². The number of carbonyl (C=O) groups is 2. The molecule has 1 aliphatic heterocycles. The molecule has 1 heterocycles. The molecular formula is C15H18BrNO4. The lowest BCUT2D eigenvalue weighted by atomic mass is 10.1. The largest absolute Gasteiger partial charge is 0.467 e. The van der Waals surface area contributed by atoms with E-state index in [1.54, 1.807) is 0 Å². The maximum Gasteiger partial charge on any atom is 0.328 e. The van der Waals surface area contributed by atoms with Gasteiger partial charge in [-0.05, 0) is 30.5 Å². The van der Waals surface area contributed by atoms with Gasteiger partial charge in [-0.1, -0.05) is 28.1 Å². The first-order chi connectivity index (χ1) is 10.1. The molecule has 6 heteroatoms. The zero-order valence-electron chi connectivity index (χ0n) is 11.8. The van der Waals surface area contributed by atoms with Crippen molar-refractivity contribution in [1.29, 1.82) is 0 Å². The first-order valence-electron chi connectivity index (χ1n) is 6.84. The zero-order chi connectivity index (χ0) is 15.2. The highest BCUT2D eigenvalue weighted by Gasteiger charge is 2.28. The predicted molar refractivity (Wildman–Crippen MR) is 80.8 cm³/mol. The van der Waals surface area contributed by atoms with E-state index < -0.39 is 18.1 Å². The number of hydrogen-bond donors (Lipinski definition) is 1. The minimum absolute atomic E-state index is 0.252. The maximum absolute atomic E-state index is 12.1. The number of ether oxygens (including phenoxy) is 2. The Morgan fingerprint density at radius 2 is 2.33 bits per heavy atom. The monoisotopic (exact) mass is 355 g/mol. The number of benzene rings is 1. The second-order valence-electron chi connectivity index (χ2n) is 4.92. The molecule has 1 N–H and O–H groups in total. The lowest BCUT2D eigenvalue weighted by molar-refractivity contribution is -0.146. The van der Waals surface area contributed by atoms with E-state index in [0.717, 1.165) is 16.5 Å². The summed E-state index contributed by atoms with van der Waals surface area (Å²) in [5.74, 6) is -0.709. The minimum atomic E-state index is -0.707. The summed E-state index contributed by atoms with van der Waals surface area (Å²) in [6, 6.07) is 6.89. The van der Waals surface area contributed by atoms with Gasteiger partial charge >= 0.3 is 5.97 Å². The van der Waals surface area contributed by atoms with E-state index in [-0.39, 0.29) is 5.91 Å². The summed E-state index contributed by atoms with van der Waals surface area (Å²) in [6.07, 6.45) is 1.48. The SMILES string of the molecule is COC(=O)[C@H](Cc1cccc(Br)c1)NC(=O)[C@@H]1CCCO1. The highest BCUT2D eigenvalue weighted by Crippen LogP contribution is 2.15. The van der Waals surface area contributed by atoms with Crippen LogP contribution in [0, 0.1) is 0 Å². The van der Waals surface area contributed by atoms with Crippen LogP contribution < -0.4 is 5.32 Å². The summed E-state index contributed by atoms with van der Waals surface area (Å²) in [4.78, 5) is 23.9. The molecule has 0 aromatic heterocycles. The molecule has 5 nitrogen and oxygen atoms in total. The number of methoxy groups -OCH3 is 1. The molecule has 114 valence electrons. The second-order valence-corrected chi connectivity index (χ2v) is 5.84. The molecule has 0 radical (unpaired) electrons. The Kier molecular flexibility index (Phi) is 5.76. The van der Waals surface area contributed by atoms with Crippen LogP contribution in [0.3, 0.4) is 0 Å². The van der Waals surface area contributed by atoms with Crippen molar-refractivity contribution in [2.24, 2.45) is 0 Å². The lowest BCUT2D eigenvalue weighted by Crippen LogP contribution is -2.47. The smallest absolute Gasteiger partial charge is 0.328 e. The molecule has 0 aliphatic carbocycles. The molecule has 1 aliphatic rings. The van der Waals surface area contributed by atoms with Gasteiger partial charge in [0.2, 0.25) is 5.91 Å². The third-order valence-electron chi connectivity index (χ3n) is 3.35. The summed E-state index contributed by atoms with van der Waals surface area (Å²) >= 11 is 3.39. The van der Waals surface area contributed by atoms with Crippen molar-refractivity contribution < 1.29 is 19.1 Å². The topological polar surface area (TPSA) is 64.6 Å². The van der Waals surface area contributed by atoms with Crippen molar-refractivity contribution in [1.82, 2.24) is 5.32 Å². The quantitative estimate of drug-likeness (QED) is 0.818. The molecule has 2 atom stereocenters. The summed E-state index contributed by atoms with van der Waals surface area (Å²) in [5.41, 5.74) is 0.937. The second kappa shape index (κ2) is 7.56. The van der Waals surface area contributed by atoms with Gasteiger partial charge in [0.15, 0.2) is 0 Å². The van der Waals surface area contributed by atoms with Crippen molar-refractivity contribution in [2.75, 3.05) is 13.7 Å². The standard InChI is InChI=1S/C15H18BrNO4/c1-20-15(19)12(9-10-4-2-5-11(16)8-10)17-14(18)13-6-3-7-21-13/h2,4-5,8,12-13H,3,6-7,9H2,1H3,(H,17,18)/t12-,13-/m0/s1. The van der Waals surface area contributed by atoms with Crippen LogP contribution >= 0.6 is 15.9 Å². The van der Waals surface area contributed by atoms with Crippen LogP contribution in [0.5, 0.6) is 0 Å². The van der Waals surface area contributed by atoms with Crippen LogP contribution in [0.2, 0.25) is 0 Å². The number of hydrogen-bond acceptors (Lipinski definition) is 4. The van der Waals surface area contributed by atoms with Crippen molar-refractivity contribution in [3.05, 3.63) is 34.3 Å². The Balaban J connectivity index is 2.03. The zero-order valence-corrected chi connectivity index (χ0v) is 13.4. The number of nitrogens with one attached hydrogen (secondary N) is 1. The van der Waals surface area contributed by atoms with Gasteiger partial charge in [0, 0.05) is 17.5 Å². The van der Waals surface area contributed by atoms with Crippen molar-refractivity contribution in [3.63, 3.8) is 0 Å². The van der Waals surface area contributed by atoms with E-state index >= 15 is 0 Å². The first-order valence-corrected chi connectivity index (χ1v) is 7.63. The number of esters is 1. The van der Waals surface area contributed by atoms with E-state index in [1.807, 2.05) is 24.3 Å². The normalized spacial score (nSPS) is 19.0. The highest BCUT2D eigenvalue weighted by atomic mass is 79.9. The van der Waals surface area contributed by atoms with Crippen molar-refractivity contribution >= 4 is 27.8 Å². The molecule has 1 fully saturated rings. The van der Waals surface area contributed by atoms with Crippen LogP contribution in [0.25, 0.3) is 0 Å². The van der Waals surface area contributed by atoms with Crippen LogP contribution in [0.4, 0.5) is 0 Å². The summed E-state index contributed by atoms with van der Waals surface area (Å²) in [7, 11) is 1.31. The molecule has 1 saturated heterocycles. The summed E-state index contributed by atoms with van der Waals surface area (Å²) < 4.78 is 11.0. The first kappa shape index (κ1) is 16.0. The van der Waals surface area contributed by atoms with Crippen LogP contribution in [0.15, 0.2) is 28.7 Å². The molecule has 0 saturated carbocycles. The average Bonchev–Trinajstić information content (AvgIpc) is 3.00. The fourth-order valence-electron chi connectivity index (χ4n) is 2.28. The van der Waals surface area contributed by atoms with Gasteiger partial charge in [-0.3, -0.25) is 4.79 Å². The molecule has 0 unspecified atom stereocenters. The molecule has 1 aromatic rings. The van der Waals surface area contributed by atoms with Gasteiger partial charge in [0.25, 0.3) is 0 Å². The third kappa shape index (κ3) is 4.54. The van der Waals surface area contributed by atoms with Crippen molar-refractivity contribution in [3.8, 4) is 0 Å². The molecular weight excluding hydrogens is 338 g/mol. The summed E-state index contributed by atoms with van der Waals surface area (Å²) in [5, 5.41) is 2.72. The summed E-state index contributed by atoms with van der Waals surface area (Å²) in [6.45, 7) is 0.590. The fourth-order valence-corrected chi connectivity index (χ4v) is 2.73. The predicted octanol–water partition coefficient (Wildman–Crippen LogP) is 1.83. The van der Waals surface area contributed by atoms with Crippen molar-refractivity contribution in [2.45, 2.75) is 31.4 Å². The number of amides is 1. The minimum Gasteiger partial charge on any atom is -0.467 e. The Hall–Kier alpha value is -1.40. The van der Waals surface area contributed by atoms with Crippen LogP contribution in [-0.4, -0.2) is 37.7 Å². The highest BCUT2D eigenvalue weighted by molar-refractivity contribution is 9.10. The van der Waals surface area contributed by atoms with E-state index in [0.29, 0.717) is 19.4 Å². The van der Waals surface area contributed by atoms with E-state index in [4.69, 9.17) is 9.47 Å². The maximum atomic E-state index is 12.1. The van der Waals surface area contributed by atoms with E-state index in [9.17, 15) is 9.59 Å². The van der Waals surface area contributed by atoms with Gasteiger partial charge in [-0.2, -0.15) is 0 Å². The van der Waals surface area contributed by atoms with Gasteiger partial charge in [0.05, 0.1) is 7.11 Å². The number of carbonyl (C=O) groups excluding carboxylic acids is 2. The van der Waals surface area contributed by atoms with Crippen LogP contribution in [-0.2, 0) is 25.5 Å². The molecule has 2 rings (SSSR count). The average molecular weight is 356 g/mol. The van der Waals surface area contributed by atoms with Gasteiger partial charge in [0.1, 0.15) is 12.1 Å². The molecule has 1 amide bonds. The van der Waals surface area contributed by atoms with Gasteiger partial charge < -0.3 is 14.8 Å². The Labute approximate surface area is 132 Å². The number of rotatable bonds is 5. The molecule has 1 aromatic carbocycles. The van der Waals surface area contributed by atoms with E-state index in [2.05, 4.69) is 21.2 Å². The molecule has 21 heavy (non-hydrogen) atoms. The molecule has 0 bridgehead atoms. The lowest BCUT2D eigenvalue weighted by Gasteiger charge is -2.19. The van der Waals surface area contributed by atoms with E-state index in [1.165, 1.54) is 7.11 Å². The number of halogens is 1. The third-order valence-corrected chi connectivity index (χ3v) is 3.85. The molecule has 0 spiro atoms. The Bertz CT molecular complexity index is 514. The van der Waals surface area contributed by atoms with Crippen LogP contribution in [0.1, 0.15) is 18.4 Å². The van der Waals surface area contributed by atoms with Gasteiger partial charge in [-0.15, -0.1) is 0 Å². The fraction of sp³-hybridized carbons (Fsp3) is 0.467.